The van der Waals surface area contributed by atoms with Crippen molar-refractivity contribution in [2.45, 2.75) is 13.8 Å². The Balaban J connectivity index is 1.80. The summed E-state index contributed by atoms with van der Waals surface area (Å²) >= 11 is 6.17. The number of rotatable bonds is 3. The normalized spacial score (nSPS) is 10.6. The standard InChI is InChI=1S/C17H15ClN4O/c1-11-16(18)12(2)22(21-11)15-7-5-14(6-8-15)20-17(23)13-4-3-9-19-10-13/h3-10H,1-2H3,(H,20,23). The molecule has 23 heavy (non-hydrogen) atoms. The molecule has 0 aliphatic carbocycles. The Hall–Kier alpha value is -2.66. The number of anilines is 1. The summed E-state index contributed by atoms with van der Waals surface area (Å²) in [6, 6.07) is 10.9. The first-order valence-corrected chi connectivity index (χ1v) is 7.47. The van der Waals surface area contributed by atoms with Gasteiger partial charge < -0.3 is 5.32 Å². The molecular weight excluding hydrogens is 312 g/mol. The summed E-state index contributed by atoms with van der Waals surface area (Å²) in [5.74, 6) is -0.194. The van der Waals surface area contributed by atoms with Gasteiger partial charge in [0.1, 0.15) is 0 Å². The van der Waals surface area contributed by atoms with E-state index in [4.69, 9.17) is 11.6 Å². The number of carbonyl (C=O) groups is 1. The predicted octanol–water partition coefficient (Wildman–Crippen LogP) is 3.79. The van der Waals surface area contributed by atoms with Gasteiger partial charge in [0.2, 0.25) is 0 Å². The van der Waals surface area contributed by atoms with Gasteiger partial charge in [0.15, 0.2) is 0 Å². The van der Waals surface area contributed by atoms with Crippen molar-refractivity contribution in [3.8, 4) is 5.69 Å². The molecule has 0 unspecified atom stereocenters. The number of nitrogens with zero attached hydrogens (tertiary/aromatic N) is 3. The molecule has 3 rings (SSSR count). The van der Waals surface area contributed by atoms with E-state index in [9.17, 15) is 4.79 Å². The smallest absolute Gasteiger partial charge is 0.257 e. The van der Waals surface area contributed by atoms with Crippen molar-refractivity contribution in [1.29, 1.82) is 0 Å². The van der Waals surface area contributed by atoms with Gasteiger partial charge in [-0.2, -0.15) is 5.10 Å². The molecule has 0 spiro atoms. The van der Waals surface area contributed by atoms with Crippen LogP contribution in [-0.2, 0) is 0 Å². The van der Waals surface area contributed by atoms with Gasteiger partial charge in [-0.1, -0.05) is 11.6 Å². The Morgan fingerprint density at radius 1 is 1.17 bits per heavy atom. The maximum absolute atomic E-state index is 12.1. The Bertz CT molecular complexity index is 841. The molecule has 116 valence electrons. The second-order valence-corrected chi connectivity index (χ2v) is 5.52. The Kier molecular flexibility index (Phi) is 4.12. The van der Waals surface area contributed by atoms with E-state index in [2.05, 4.69) is 15.4 Å². The largest absolute Gasteiger partial charge is 0.322 e. The van der Waals surface area contributed by atoms with Crippen molar-refractivity contribution in [2.24, 2.45) is 0 Å². The Morgan fingerprint density at radius 3 is 2.48 bits per heavy atom. The highest BCUT2D eigenvalue weighted by molar-refractivity contribution is 6.31. The first kappa shape index (κ1) is 15.2. The molecule has 0 aliphatic heterocycles. The second kappa shape index (κ2) is 6.22. The first-order valence-electron chi connectivity index (χ1n) is 7.10. The van der Waals surface area contributed by atoms with Crippen LogP contribution in [0.3, 0.4) is 0 Å². The lowest BCUT2D eigenvalue weighted by Crippen LogP contribution is -2.12. The average molecular weight is 327 g/mol. The van der Waals surface area contributed by atoms with Crippen LogP contribution in [0, 0.1) is 13.8 Å². The summed E-state index contributed by atoms with van der Waals surface area (Å²) in [6.07, 6.45) is 3.16. The molecule has 2 aromatic heterocycles. The van der Waals surface area contributed by atoms with Crippen molar-refractivity contribution < 1.29 is 4.79 Å². The minimum absolute atomic E-state index is 0.194. The van der Waals surface area contributed by atoms with E-state index >= 15 is 0 Å². The fourth-order valence-corrected chi connectivity index (χ4v) is 2.38. The molecule has 0 aliphatic rings. The van der Waals surface area contributed by atoms with Crippen LogP contribution in [0.25, 0.3) is 5.69 Å². The van der Waals surface area contributed by atoms with E-state index in [1.807, 2.05) is 38.1 Å². The SMILES string of the molecule is Cc1nn(-c2ccc(NC(=O)c3cccnc3)cc2)c(C)c1Cl. The number of nitrogens with one attached hydrogen (secondary N) is 1. The van der Waals surface area contributed by atoms with Crippen LogP contribution in [0.2, 0.25) is 5.02 Å². The molecule has 6 heteroatoms. The monoisotopic (exact) mass is 326 g/mol. The molecule has 0 fully saturated rings. The highest BCUT2D eigenvalue weighted by atomic mass is 35.5. The third-order valence-corrected chi connectivity index (χ3v) is 4.04. The van der Waals surface area contributed by atoms with Crippen molar-refractivity contribution in [3.05, 3.63) is 70.8 Å². The number of carbonyl (C=O) groups excluding carboxylic acids is 1. The molecule has 1 amide bonds. The second-order valence-electron chi connectivity index (χ2n) is 5.14. The number of benzene rings is 1. The highest BCUT2D eigenvalue weighted by Crippen LogP contribution is 2.23. The van der Waals surface area contributed by atoms with Crippen molar-refractivity contribution in [3.63, 3.8) is 0 Å². The van der Waals surface area contributed by atoms with Gasteiger partial charge in [0.05, 0.1) is 27.7 Å². The third-order valence-electron chi connectivity index (χ3n) is 3.50. The minimum Gasteiger partial charge on any atom is -0.322 e. The number of hydrogen-bond donors (Lipinski definition) is 1. The zero-order valence-corrected chi connectivity index (χ0v) is 13.5. The van der Waals surface area contributed by atoms with E-state index in [0.29, 0.717) is 16.3 Å². The number of aromatic nitrogens is 3. The summed E-state index contributed by atoms with van der Waals surface area (Å²) in [5.41, 5.74) is 3.78. The van der Waals surface area contributed by atoms with E-state index in [1.165, 1.54) is 6.20 Å². The minimum atomic E-state index is -0.194. The molecule has 0 saturated heterocycles. The van der Waals surface area contributed by atoms with Crippen molar-refractivity contribution in [2.75, 3.05) is 5.32 Å². The van der Waals surface area contributed by atoms with Crippen molar-refractivity contribution in [1.82, 2.24) is 14.8 Å². The van der Waals surface area contributed by atoms with Gasteiger partial charge in [0, 0.05) is 18.1 Å². The molecule has 0 atom stereocenters. The lowest BCUT2D eigenvalue weighted by atomic mass is 10.2. The number of aryl methyl sites for hydroxylation is 1. The number of pyridine rings is 1. The van der Waals surface area contributed by atoms with E-state index in [-0.39, 0.29) is 5.91 Å². The van der Waals surface area contributed by atoms with Crippen LogP contribution in [0.1, 0.15) is 21.7 Å². The van der Waals surface area contributed by atoms with Crippen LogP contribution >= 0.6 is 11.6 Å². The van der Waals surface area contributed by atoms with Crippen LogP contribution in [-0.4, -0.2) is 20.7 Å². The van der Waals surface area contributed by atoms with Crippen LogP contribution in [0.5, 0.6) is 0 Å². The third kappa shape index (κ3) is 3.10. The fraction of sp³-hybridized carbons (Fsp3) is 0.118. The highest BCUT2D eigenvalue weighted by Gasteiger charge is 2.11. The summed E-state index contributed by atoms with van der Waals surface area (Å²) in [6.45, 7) is 3.79. The number of amides is 1. The summed E-state index contributed by atoms with van der Waals surface area (Å²) in [7, 11) is 0. The summed E-state index contributed by atoms with van der Waals surface area (Å²) in [4.78, 5) is 16.0. The predicted molar refractivity (Wildman–Crippen MR) is 90.2 cm³/mol. The maximum atomic E-state index is 12.1. The maximum Gasteiger partial charge on any atom is 0.257 e. The zero-order chi connectivity index (χ0) is 16.4. The molecule has 0 radical (unpaired) electrons. The quantitative estimate of drug-likeness (QED) is 0.796. The number of hydrogen-bond acceptors (Lipinski definition) is 3. The zero-order valence-electron chi connectivity index (χ0n) is 12.7. The molecule has 2 heterocycles. The molecule has 0 bridgehead atoms. The van der Waals surface area contributed by atoms with Crippen molar-refractivity contribution >= 4 is 23.2 Å². The van der Waals surface area contributed by atoms with Crippen LogP contribution in [0.4, 0.5) is 5.69 Å². The molecule has 0 saturated carbocycles. The first-order chi connectivity index (χ1) is 11.1. The van der Waals surface area contributed by atoms with Crippen LogP contribution < -0.4 is 5.32 Å². The van der Waals surface area contributed by atoms with Gasteiger partial charge in [-0.15, -0.1) is 0 Å². The average Bonchev–Trinajstić information content (AvgIpc) is 2.84. The molecule has 5 nitrogen and oxygen atoms in total. The number of halogens is 1. The summed E-state index contributed by atoms with van der Waals surface area (Å²) in [5, 5.41) is 7.91. The Labute approximate surface area is 138 Å². The molecule has 1 N–H and O–H groups in total. The van der Waals surface area contributed by atoms with Gasteiger partial charge in [0.25, 0.3) is 5.91 Å². The topological polar surface area (TPSA) is 59.8 Å². The van der Waals surface area contributed by atoms with Gasteiger partial charge in [-0.25, -0.2) is 4.68 Å². The van der Waals surface area contributed by atoms with Gasteiger partial charge >= 0.3 is 0 Å². The van der Waals surface area contributed by atoms with Gasteiger partial charge in [-0.3, -0.25) is 9.78 Å². The van der Waals surface area contributed by atoms with Gasteiger partial charge in [-0.05, 0) is 50.2 Å². The lowest BCUT2D eigenvalue weighted by molar-refractivity contribution is 0.102. The van der Waals surface area contributed by atoms with E-state index in [0.717, 1.165) is 17.1 Å². The fourth-order valence-electron chi connectivity index (χ4n) is 2.26. The van der Waals surface area contributed by atoms with E-state index in [1.54, 1.807) is 23.0 Å². The summed E-state index contributed by atoms with van der Waals surface area (Å²) < 4.78 is 1.78. The molecule has 3 aromatic rings. The van der Waals surface area contributed by atoms with E-state index < -0.39 is 0 Å². The Morgan fingerprint density at radius 2 is 1.91 bits per heavy atom. The molecule has 1 aromatic carbocycles. The molecular formula is C17H15ClN4O. The van der Waals surface area contributed by atoms with Crippen LogP contribution in [0.15, 0.2) is 48.8 Å². The lowest BCUT2D eigenvalue weighted by Gasteiger charge is -2.08.